The Balaban J connectivity index is 2.61. The predicted octanol–water partition coefficient (Wildman–Crippen LogP) is 3.31. The zero-order chi connectivity index (χ0) is 15.5. The summed E-state index contributed by atoms with van der Waals surface area (Å²) in [5, 5.41) is 15.7. The van der Waals surface area contributed by atoms with Gasteiger partial charge in [0.1, 0.15) is 5.75 Å². The molecule has 0 bridgehead atoms. The first kappa shape index (κ1) is 17.5. The molecule has 0 saturated carbocycles. The molecule has 0 saturated heterocycles. The Morgan fingerprint density at radius 1 is 1.30 bits per heavy atom. The molecule has 1 amide bonds. The number of phenolic OH excluding ortho intramolecular Hbond substituents is 1. The van der Waals surface area contributed by atoms with E-state index in [-0.39, 0.29) is 23.2 Å². The summed E-state index contributed by atoms with van der Waals surface area (Å²) in [6.45, 7) is 8.21. The summed E-state index contributed by atoms with van der Waals surface area (Å²) in [5.74, 6) is 0.140. The number of nitrogens with one attached hydrogen (secondary N) is 2. The lowest BCUT2D eigenvalue weighted by Gasteiger charge is -2.23. The van der Waals surface area contributed by atoms with Crippen molar-refractivity contribution in [2.75, 3.05) is 0 Å². The molecule has 1 aromatic carbocycles. The van der Waals surface area contributed by atoms with E-state index in [0.717, 1.165) is 5.56 Å². The fourth-order valence-electron chi connectivity index (χ4n) is 1.56. The highest BCUT2D eigenvalue weighted by molar-refractivity contribution is 9.11. The molecule has 0 aliphatic heterocycles. The minimum Gasteiger partial charge on any atom is -0.506 e. The molecule has 0 fully saturated rings. The smallest absolute Gasteiger partial charge is 0.237 e. The highest BCUT2D eigenvalue weighted by atomic mass is 79.9. The van der Waals surface area contributed by atoms with Gasteiger partial charge < -0.3 is 15.7 Å². The predicted molar refractivity (Wildman–Crippen MR) is 87.7 cm³/mol. The van der Waals surface area contributed by atoms with E-state index in [1.165, 1.54) is 0 Å². The molecule has 0 spiro atoms. The molecule has 1 unspecified atom stereocenters. The Kier molecular flexibility index (Phi) is 6.04. The van der Waals surface area contributed by atoms with Gasteiger partial charge >= 0.3 is 0 Å². The summed E-state index contributed by atoms with van der Waals surface area (Å²) in [4.78, 5) is 11.9. The van der Waals surface area contributed by atoms with Gasteiger partial charge in [-0.2, -0.15) is 0 Å². The van der Waals surface area contributed by atoms with Gasteiger partial charge in [0.15, 0.2) is 0 Å². The van der Waals surface area contributed by atoms with Crippen molar-refractivity contribution in [1.29, 1.82) is 0 Å². The van der Waals surface area contributed by atoms with Gasteiger partial charge in [0.05, 0.1) is 15.0 Å². The van der Waals surface area contributed by atoms with Crippen LogP contribution in [0.4, 0.5) is 0 Å². The quantitative estimate of drug-likeness (QED) is 0.717. The molecule has 0 aliphatic rings. The minimum atomic E-state index is -0.291. The van der Waals surface area contributed by atoms with Crippen molar-refractivity contribution in [1.82, 2.24) is 10.6 Å². The lowest BCUT2D eigenvalue weighted by molar-refractivity contribution is -0.124. The van der Waals surface area contributed by atoms with E-state index >= 15 is 0 Å². The van der Waals surface area contributed by atoms with Crippen molar-refractivity contribution < 1.29 is 9.90 Å². The van der Waals surface area contributed by atoms with E-state index in [4.69, 9.17) is 0 Å². The summed E-state index contributed by atoms with van der Waals surface area (Å²) in [7, 11) is 0. The Hall–Kier alpha value is -0.590. The Morgan fingerprint density at radius 3 is 2.25 bits per heavy atom. The molecule has 0 radical (unpaired) electrons. The van der Waals surface area contributed by atoms with Crippen molar-refractivity contribution >= 4 is 37.8 Å². The number of halogens is 2. The maximum atomic E-state index is 11.9. The highest BCUT2D eigenvalue weighted by Gasteiger charge is 2.18. The molecule has 0 heterocycles. The molecule has 0 aromatic heterocycles. The molecule has 1 atom stereocenters. The normalized spacial score (nSPS) is 13.1. The van der Waals surface area contributed by atoms with Gasteiger partial charge in [-0.1, -0.05) is 0 Å². The average Bonchev–Trinajstić information content (AvgIpc) is 2.30. The molecule has 4 nitrogen and oxygen atoms in total. The van der Waals surface area contributed by atoms with Crippen LogP contribution in [0, 0.1) is 0 Å². The van der Waals surface area contributed by atoms with E-state index in [0.29, 0.717) is 15.5 Å². The largest absolute Gasteiger partial charge is 0.506 e. The molecule has 112 valence electrons. The van der Waals surface area contributed by atoms with Gasteiger partial charge in [0.25, 0.3) is 0 Å². The molecule has 0 aliphatic carbocycles. The van der Waals surface area contributed by atoms with Crippen LogP contribution in [0.25, 0.3) is 0 Å². The fraction of sp³-hybridized carbons (Fsp3) is 0.500. The lowest BCUT2D eigenvalue weighted by Crippen LogP contribution is -2.49. The molecular formula is C14H20Br2N2O2. The summed E-state index contributed by atoms with van der Waals surface area (Å²) in [6, 6.07) is 3.35. The topological polar surface area (TPSA) is 61.4 Å². The van der Waals surface area contributed by atoms with Crippen LogP contribution in [0.5, 0.6) is 5.75 Å². The van der Waals surface area contributed by atoms with Crippen molar-refractivity contribution in [3.63, 3.8) is 0 Å². The van der Waals surface area contributed by atoms with Crippen molar-refractivity contribution in [2.24, 2.45) is 0 Å². The van der Waals surface area contributed by atoms with Gasteiger partial charge in [0, 0.05) is 12.1 Å². The number of carbonyl (C=O) groups is 1. The zero-order valence-corrected chi connectivity index (χ0v) is 15.2. The first-order chi connectivity index (χ1) is 9.10. The first-order valence-electron chi connectivity index (χ1n) is 6.32. The first-order valence-corrected chi connectivity index (χ1v) is 7.91. The standard InChI is InChI=1S/C14H20Br2N2O2/c1-8(13(20)18-14(2,3)4)17-7-9-5-10(15)12(19)11(16)6-9/h5-6,8,17,19H,7H2,1-4H3,(H,18,20). The SMILES string of the molecule is CC(NCc1cc(Br)c(O)c(Br)c1)C(=O)NC(C)(C)C. The summed E-state index contributed by atoms with van der Waals surface area (Å²) >= 11 is 6.57. The van der Waals surface area contributed by atoms with Crippen LogP contribution in [0.3, 0.4) is 0 Å². The summed E-state index contributed by atoms with van der Waals surface area (Å²) < 4.78 is 1.24. The maximum Gasteiger partial charge on any atom is 0.237 e. The fourth-order valence-corrected chi connectivity index (χ4v) is 2.84. The van der Waals surface area contributed by atoms with Gasteiger partial charge in [-0.15, -0.1) is 0 Å². The summed E-state index contributed by atoms with van der Waals surface area (Å²) in [5.41, 5.74) is 0.731. The monoisotopic (exact) mass is 406 g/mol. The van der Waals surface area contributed by atoms with E-state index in [2.05, 4.69) is 42.5 Å². The second-order valence-corrected chi connectivity index (χ2v) is 7.46. The van der Waals surface area contributed by atoms with Crippen LogP contribution in [0.1, 0.15) is 33.3 Å². The number of hydrogen-bond acceptors (Lipinski definition) is 3. The molecule has 20 heavy (non-hydrogen) atoms. The zero-order valence-electron chi connectivity index (χ0n) is 12.1. The van der Waals surface area contributed by atoms with E-state index < -0.39 is 0 Å². The summed E-state index contributed by atoms with van der Waals surface area (Å²) in [6.07, 6.45) is 0. The Labute approximate surface area is 136 Å². The molecule has 3 N–H and O–H groups in total. The minimum absolute atomic E-state index is 0.0330. The molecular weight excluding hydrogens is 388 g/mol. The highest BCUT2D eigenvalue weighted by Crippen LogP contribution is 2.33. The number of benzene rings is 1. The van der Waals surface area contributed by atoms with Gasteiger partial charge in [0.2, 0.25) is 5.91 Å². The van der Waals surface area contributed by atoms with Crippen LogP contribution in [-0.2, 0) is 11.3 Å². The number of hydrogen-bond donors (Lipinski definition) is 3. The van der Waals surface area contributed by atoms with E-state index in [1.54, 1.807) is 0 Å². The van der Waals surface area contributed by atoms with Crippen LogP contribution in [0.15, 0.2) is 21.1 Å². The van der Waals surface area contributed by atoms with Crippen molar-refractivity contribution in [2.45, 2.75) is 45.8 Å². The number of rotatable bonds is 4. The van der Waals surface area contributed by atoms with Gasteiger partial charge in [-0.05, 0) is 77.3 Å². The maximum absolute atomic E-state index is 11.9. The second-order valence-electron chi connectivity index (χ2n) is 5.75. The van der Waals surface area contributed by atoms with Gasteiger partial charge in [-0.25, -0.2) is 0 Å². The lowest BCUT2D eigenvalue weighted by atomic mass is 10.1. The van der Waals surface area contributed by atoms with Crippen molar-refractivity contribution in [3.8, 4) is 5.75 Å². The third-order valence-corrected chi connectivity index (χ3v) is 3.79. The third kappa shape index (κ3) is 5.42. The number of amides is 1. The van der Waals surface area contributed by atoms with Crippen molar-refractivity contribution in [3.05, 3.63) is 26.6 Å². The number of carbonyl (C=O) groups excluding carboxylic acids is 1. The third-order valence-electron chi connectivity index (χ3n) is 2.58. The van der Waals surface area contributed by atoms with E-state index in [1.807, 2.05) is 39.8 Å². The van der Waals surface area contributed by atoms with Gasteiger partial charge in [-0.3, -0.25) is 4.79 Å². The van der Waals surface area contributed by atoms with Crippen LogP contribution in [0.2, 0.25) is 0 Å². The van der Waals surface area contributed by atoms with Crippen LogP contribution < -0.4 is 10.6 Å². The Morgan fingerprint density at radius 2 is 1.80 bits per heavy atom. The molecule has 1 rings (SSSR count). The van der Waals surface area contributed by atoms with E-state index in [9.17, 15) is 9.90 Å². The average molecular weight is 408 g/mol. The molecule has 6 heteroatoms. The number of phenols is 1. The van der Waals surface area contributed by atoms with Crippen LogP contribution >= 0.6 is 31.9 Å². The molecule has 1 aromatic rings. The van der Waals surface area contributed by atoms with Crippen LogP contribution in [-0.4, -0.2) is 22.6 Å². The second kappa shape index (κ2) is 6.91. The number of aromatic hydroxyl groups is 1. The Bertz CT molecular complexity index is 475.